The second-order valence-electron chi connectivity index (χ2n) is 11.1. The first-order chi connectivity index (χ1) is 17.1. The van der Waals surface area contributed by atoms with Crippen LogP contribution in [0, 0.1) is 8.99 Å². The zero-order valence-electron chi connectivity index (χ0n) is 20.4. The Bertz CT molecular complexity index is 1240. The van der Waals surface area contributed by atoms with E-state index < -0.39 is 11.3 Å². The minimum absolute atomic E-state index is 0.130. The van der Waals surface area contributed by atoms with Crippen LogP contribution in [0.25, 0.3) is 0 Å². The molecular formula is C28H30F2IN3O2. The molecule has 2 aliphatic carbocycles. The van der Waals surface area contributed by atoms with Crippen molar-refractivity contribution in [3.63, 3.8) is 0 Å². The average molecular weight is 605 g/mol. The first-order valence-corrected chi connectivity index (χ1v) is 13.9. The number of halogens is 3. The maximum atomic E-state index is 13.9. The predicted octanol–water partition coefficient (Wildman–Crippen LogP) is 6.35. The van der Waals surface area contributed by atoms with Gasteiger partial charge in [0.2, 0.25) is 11.8 Å². The maximum Gasteiger partial charge on any atom is 0.257 e. The van der Waals surface area contributed by atoms with Crippen molar-refractivity contribution in [2.45, 2.75) is 62.7 Å². The van der Waals surface area contributed by atoms with E-state index in [1.165, 1.54) is 25.7 Å². The lowest BCUT2D eigenvalue weighted by atomic mass is 9.69. The molecule has 1 N–H and O–H groups in total. The molecule has 6 rings (SSSR count). The fourth-order valence-electron chi connectivity index (χ4n) is 6.42. The fourth-order valence-corrected chi connectivity index (χ4v) is 6.89. The maximum absolute atomic E-state index is 13.9. The van der Waals surface area contributed by atoms with Gasteiger partial charge in [0.25, 0.3) is 5.91 Å². The zero-order valence-corrected chi connectivity index (χ0v) is 22.5. The van der Waals surface area contributed by atoms with Crippen molar-refractivity contribution in [1.29, 1.82) is 0 Å². The molecule has 0 aromatic heterocycles. The summed E-state index contributed by atoms with van der Waals surface area (Å²) in [6.07, 6.45) is 4.75. The summed E-state index contributed by atoms with van der Waals surface area (Å²) in [4.78, 5) is 30.5. The highest BCUT2D eigenvalue weighted by Gasteiger charge is 2.54. The molecule has 0 radical (unpaired) electrons. The number of carbonyl (C=O) groups is 2. The molecule has 2 aromatic rings. The number of piperidine rings is 1. The molecule has 1 saturated heterocycles. The second-order valence-corrected chi connectivity index (χ2v) is 12.4. The van der Waals surface area contributed by atoms with Crippen LogP contribution in [0.15, 0.2) is 36.4 Å². The van der Waals surface area contributed by atoms with Crippen LogP contribution >= 0.6 is 22.6 Å². The molecule has 0 bridgehead atoms. The number of hydrogen-bond acceptors (Lipinski definition) is 3. The minimum Gasteiger partial charge on any atom is -0.371 e. The second kappa shape index (κ2) is 8.39. The monoisotopic (exact) mass is 605 g/mol. The summed E-state index contributed by atoms with van der Waals surface area (Å²) in [5, 5.41) is 3.03. The van der Waals surface area contributed by atoms with Gasteiger partial charge in [0.15, 0.2) is 0 Å². The van der Waals surface area contributed by atoms with Crippen molar-refractivity contribution in [3.05, 3.63) is 51.1 Å². The standard InChI is InChI=1S/C28H30F2IN3O2/c1-33-23-17-19(3-5-21(23)27(25(33)36)8-10-28(29,30)11-9-27)32-24(35)20-4-2-18(31)16-22(20)34-14-12-26(6-7-26)13-15-34/h2-5,16-17H,6-15H2,1H3,(H,32,35). The van der Waals surface area contributed by atoms with E-state index in [2.05, 4.69) is 38.9 Å². The molecule has 2 heterocycles. The molecule has 36 heavy (non-hydrogen) atoms. The van der Waals surface area contributed by atoms with E-state index in [-0.39, 0.29) is 37.5 Å². The van der Waals surface area contributed by atoms with Crippen LogP contribution in [-0.4, -0.2) is 37.9 Å². The molecule has 3 fully saturated rings. The van der Waals surface area contributed by atoms with Gasteiger partial charge in [-0.1, -0.05) is 6.07 Å². The van der Waals surface area contributed by atoms with Gasteiger partial charge in [-0.3, -0.25) is 9.59 Å². The van der Waals surface area contributed by atoms with Crippen LogP contribution in [0.5, 0.6) is 0 Å². The highest BCUT2D eigenvalue weighted by Crippen LogP contribution is 2.54. The first kappa shape index (κ1) is 24.1. The largest absolute Gasteiger partial charge is 0.371 e. The van der Waals surface area contributed by atoms with Gasteiger partial charge in [-0.05, 0) is 102 Å². The number of hydrogen-bond donors (Lipinski definition) is 1. The van der Waals surface area contributed by atoms with Gasteiger partial charge >= 0.3 is 0 Å². The molecule has 0 unspecified atom stereocenters. The number of carbonyl (C=O) groups excluding carboxylic acids is 2. The third kappa shape index (κ3) is 4.00. The highest BCUT2D eigenvalue weighted by molar-refractivity contribution is 14.1. The van der Waals surface area contributed by atoms with E-state index in [1.54, 1.807) is 24.1 Å². The zero-order chi connectivity index (χ0) is 25.3. The summed E-state index contributed by atoms with van der Waals surface area (Å²) < 4.78 is 28.8. The normalized spacial score (nSPS) is 23.2. The van der Waals surface area contributed by atoms with Gasteiger partial charge in [-0.15, -0.1) is 0 Å². The molecule has 5 nitrogen and oxygen atoms in total. The van der Waals surface area contributed by atoms with Crippen molar-refractivity contribution in [2.75, 3.05) is 35.3 Å². The number of anilines is 3. The minimum atomic E-state index is -2.71. The Morgan fingerprint density at radius 1 is 0.917 bits per heavy atom. The molecule has 8 heteroatoms. The molecular weight excluding hydrogens is 575 g/mol. The van der Waals surface area contributed by atoms with Crippen molar-refractivity contribution in [1.82, 2.24) is 0 Å². The molecule has 2 aliphatic heterocycles. The average Bonchev–Trinajstić information content (AvgIpc) is 3.58. The Morgan fingerprint density at radius 3 is 2.28 bits per heavy atom. The third-order valence-corrected chi connectivity index (χ3v) is 9.68. The van der Waals surface area contributed by atoms with Crippen LogP contribution in [0.1, 0.15) is 67.3 Å². The molecule has 0 atom stereocenters. The van der Waals surface area contributed by atoms with Gasteiger partial charge in [0, 0.05) is 47.9 Å². The summed E-state index contributed by atoms with van der Waals surface area (Å²) in [5.41, 5.74) is 3.35. The van der Waals surface area contributed by atoms with Crippen LogP contribution in [0.3, 0.4) is 0 Å². The lowest BCUT2D eigenvalue weighted by Crippen LogP contribution is -2.44. The third-order valence-electron chi connectivity index (χ3n) is 9.01. The molecule has 2 amide bonds. The molecule has 2 saturated carbocycles. The number of amides is 2. The quantitative estimate of drug-likeness (QED) is 0.416. The molecule has 2 aromatic carbocycles. The number of rotatable bonds is 3. The van der Waals surface area contributed by atoms with Crippen LogP contribution < -0.4 is 15.1 Å². The number of fused-ring (bicyclic) bond motifs is 2. The Labute approximate surface area is 223 Å². The van der Waals surface area contributed by atoms with E-state index in [0.29, 0.717) is 22.4 Å². The summed E-state index contributed by atoms with van der Waals surface area (Å²) in [6, 6.07) is 11.3. The van der Waals surface area contributed by atoms with Crippen LogP contribution in [0.4, 0.5) is 25.8 Å². The Kier molecular flexibility index (Phi) is 5.63. The Hall–Kier alpha value is -2.23. The summed E-state index contributed by atoms with van der Waals surface area (Å²) in [7, 11) is 1.69. The Balaban J connectivity index is 1.25. The van der Waals surface area contributed by atoms with Crippen molar-refractivity contribution in [3.8, 4) is 0 Å². The summed E-state index contributed by atoms with van der Waals surface area (Å²) in [6.45, 7) is 1.93. The Morgan fingerprint density at radius 2 is 1.61 bits per heavy atom. The molecule has 4 aliphatic rings. The molecule has 2 spiro atoms. The van der Waals surface area contributed by atoms with Gasteiger partial charge < -0.3 is 15.1 Å². The summed E-state index contributed by atoms with van der Waals surface area (Å²) >= 11 is 2.29. The topological polar surface area (TPSA) is 52.7 Å². The van der Waals surface area contributed by atoms with Crippen LogP contribution in [0.2, 0.25) is 0 Å². The first-order valence-electron chi connectivity index (χ1n) is 12.8. The van der Waals surface area contributed by atoms with E-state index in [4.69, 9.17) is 0 Å². The van der Waals surface area contributed by atoms with E-state index in [1.807, 2.05) is 18.2 Å². The van der Waals surface area contributed by atoms with Crippen molar-refractivity contribution < 1.29 is 18.4 Å². The number of likely N-dealkylation sites (N-methyl/N-ethyl adjacent to an activating group) is 1. The van der Waals surface area contributed by atoms with E-state index >= 15 is 0 Å². The number of nitrogens with zero attached hydrogens (tertiary/aromatic N) is 2. The van der Waals surface area contributed by atoms with Gasteiger partial charge in [-0.2, -0.15) is 0 Å². The fraction of sp³-hybridized carbons (Fsp3) is 0.500. The van der Waals surface area contributed by atoms with Crippen molar-refractivity contribution >= 4 is 51.5 Å². The van der Waals surface area contributed by atoms with E-state index in [0.717, 1.165) is 27.9 Å². The van der Waals surface area contributed by atoms with E-state index in [9.17, 15) is 18.4 Å². The van der Waals surface area contributed by atoms with Gasteiger partial charge in [-0.25, -0.2) is 8.78 Å². The van der Waals surface area contributed by atoms with Crippen molar-refractivity contribution in [2.24, 2.45) is 5.41 Å². The SMILES string of the molecule is CN1C(=O)C2(CCC(F)(F)CC2)c2ccc(NC(=O)c3ccc(I)cc3N3CCC4(CC3)CC4)cc21. The number of benzene rings is 2. The smallest absolute Gasteiger partial charge is 0.257 e. The molecule has 190 valence electrons. The highest BCUT2D eigenvalue weighted by atomic mass is 127. The van der Waals surface area contributed by atoms with Gasteiger partial charge in [0.05, 0.1) is 16.7 Å². The van der Waals surface area contributed by atoms with Crippen LogP contribution in [-0.2, 0) is 10.2 Å². The number of alkyl halides is 2. The number of nitrogens with one attached hydrogen (secondary N) is 1. The predicted molar refractivity (Wildman–Crippen MR) is 145 cm³/mol. The van der Waals surface area contributed by atoms with Gasteiger partial charge in [0.1, 0.15) is 0 Å². The lowest BCUT2D eigenvalue weighted by molar-refractivity contribution is -0.127. The lowest BCUT2D eigenvalue weighted by Gasteiger charge is -2.36. The summed E-state index contributed by atoms with van der Waals surface area (Å²) in [5.74, 6) is -3.03.